The predicted octanol–water partition coefficient (Wildman–Crippen LogP) is 2.68. The standard InChI is InChI=1S/C19H20FNO3/c20-16-8-4-7-15(9-16)18-10-17(22)11-21(18)19(23)13-24-12-14-5-2-1-3-6-14/h1-9,17-18,22H,10-13H2. The van der Waals surface area contributed by atoms with Crippen molar-refractivity contribution in [2.24, 2.45) is 0 Å². The quantitative estimate of drug-likeness (QED) is 0.917. The van der Waals surface area contributed by atoms with Gasteiger partial charge in [0.05, 0.1) is 18.8 Å². The smallest absolute Gasteiger partial charge is 0.249 e. The Morgan fingerprint density at radius 3 is 2.75 bits per heavy atom. The molecule has 1 amide bonds. The lowest BCUT2D eigenvalue weighted by molar-refractivity contribution is -0.137. The van der Waals surface area contributed by atoms with Gasteiger partial charge in [0.1, 0.15) is 12.4 Å². The number of rotatable bonds is 5. The number of β-amino-alcohol motifs (C(OH)–C–C–N with tert-alkyl or cyclic N) is 1. The summed E-state index contributed by atoms with van der Waals surface area (Å²) in [6, 6.07) is 15.5. The van der Waals surface area contributed by atoms with Crippen LogP contribution in [-0.4, -0.2) is 35.2 Å². The lowest BCUT2D eigenvalue weighted by Gasteiger charge is -2.24. The molecule has 5 heteroatoms. The van der Waals surface area contributed by atoms with Gasteiger partial charge in [0.15, 0.2) is 0 Å². The van der Waals surface area contributed by atoms with E-state index in [1.165, 1.54) is 12.1 Å². The van der Waals surface area contributed by atoms with E-state index in [4.69, 9.17) is 4.74 Å². The van der Waals surface area contributed by atoms with Crippen molar-refractivity contribution in [1.82, 2.24) is 4.90 Å². The summed E-state index contributed by atoms with van der Waals surface area (Å²) in [5, 5.41) is 9.92. The molecule has 24 heavy (non-hydrogen) atoms. The van der Waals surface area contributed by atoms with Crippen molar-refractivity contribution in [2.75, 3.05) is 13.2 Å². The largest absolute Gasteiger partial charge is 0.391 e. The zero-order valence-corrected chi connectivity index (χ0v) is 13.3. The van der Waals surface area contributed by atoms with E-state index in [1.54, 1.807) is 17.0 Å². The predicted molar refractivity (Wildman–Crippen MR) is 87.6 cm³/mol. The highest BCUT2D eigenvalue weighted by atomic mass is 19.1. The highest BCUT2D eigenvalue weighted by molar-refractivity contribution is 5.78. The van der Waals surface area contributed by atoms with Crippen molar-refractivity contribution in [3.8, 4) is 0 Å². The molecule has 1 heterocycles. The van der Waals surface area contributed by atoms with Crippen molar-refractivity contribution in [3.63, 3.8) is 0 Å². The van der Waals surface area contributed by atoms with Crippen LogP contribution in [0.25, 0.3) is 0 Å². The van der Waals surface area contributed by atoms with Crippen LogP contribution in [-0.2, 0) is 16.1 Å². The van der Waals surface area contributed by atoms with Gasteiger partial charge in [0, 0.05) is 6.54 Å². The van der Waals surface area contributed by atoms with Crippen molar-refractivity contribution in [2.45, 2.75) is 25.2 Å². The maximum Gasteiger partial charge on any atom is 0.249 e. The van der Waals surface area contributed by atoms with Crippen LogP contribution in [0, 0.1) is 5.82 Å². The number of aliphatic hydroxyl groups is 1. The van der Waals surface area contributed by atoms with Gasteiger partial charge >= 0.3 is 0 Å². The van der Waals surface area contributed by atoms with Gasteiger partial charge in [-0.2, -0.15) is 0 Å². The molecular weight excluding hydrogens is 309 g/mol. The molecule has 1 aliphatic heterocycles. The number of aliphatic hydroxyl groups excluding tert-OH is 1. The van der Waals surface area contributed by atoms with Crippen LogP contribution >= 0.6 is 0 Å². The van der Waals surface area contributed by atoms with Gasteiger partial charge in [-0.3, -0.25) is 4.79 Å². The topological polar surface area (TPSA) is 49.8 Å². The van der Waals surface area contributed by atoms with Gasteiger partial charge in [-0.25, -0.2) is 4.39 Å². The highest BCUT2D eigenvalue weighted by Crippen LogP contribution is 2.32. The number of hydrogen-bond donors (Lipinski definition) is 1. The molecule has 1 saturated heterocycles. The van der Waals surface area contributed by atoms with Crippen LogP contribution < -0.4 is 0 Å². The number of hydrogen-bond acceptors (Lipinski definition) is 3. The second kappa shape index (κ2) is 7.55. The van der Waals surface area contributed by atoms with Crippen molar-refractivity contribution in [3.05, 3.63) is 71.5 Å². The fourth-order valence-corrected chi connectivity index (χ4v) is 3.03. The summed E-state index contributed by atoms with van der Waals surface area (Å²) < 4.78 is 18.9. The molecule has 0 aromatic heterocycles. The Morgan fingerprint density at radius 1 is 1.21 bits per heavy atom. The molecular formula is C19H20FNO3. The Kier molecular flexibility index (Phi) is 5.23. The van der Waals surface area contributed by atoms with Gasteiger partial charge in [-0.05, 0) is 29.7 Å². The molecule has 2 aromatic rings. The first-order chi connectivity index (χ1) is 11.6. The minimum Gasteiger partial charge on any atom is -0.391 e. The third kappa shape index (κ3) is 3.99. The second-order valence-corrected chi connectivity index (χ2v) is 5.98. The molecule has 0 bridgehead atoms. The monoisotopic (exact) mass is 329 g/mol. The second-order valence-electron chi connectivity index (χ2n) is 5.98. The summed E-state index contributed by atoms with van der Waals surface area (Å²) in [7, 11) is 0. The molecule has 2 unspecified atom stereocenters. The molecule has 2 aromatic carbocycles. The van der Waals surface area contributed by atoms with Crippen LogP contribution in [0.5, 0.6) is 0 Å². The molecule has 0 radical (unpaired) electrons. The van der Waals surface area contributed by atoms with E-state index in [1.807, 2.05) is 30.3 Å². The summed E-state index contributed by atoms with van der Waals surface area (Å²) in [6.07, 6.45) is -0.190. The number of carbonyl (C=O) groups excluding carboxylic acids is 1. The van der Waals surface area contributed by atoms with Crippen LogP contribution in [0.1, 0.15) is 23.6 Å². The van der Waals surface area contributed by atoms with Gasteiger partial charge in [-0.15, -0.1) is 0 Å². The minimum absolute atomic E-state index is 0.0621. The van der Waals surface area contributed by atoms with Crippen molar-refractivity contribution >= 4 is 5.91 Å². The fourth-order valence-electron chi connectivity index (χ4n) is 3.03. The van der Waals surface area contributed by atoms with Crippen molar-refractivity contribution in [1.29, 1.82) is 0 Å². The summed E-state index contributed by atoms with van der Waals surface area (Å²) in [4.78, 5) is 14.0. The Hall–Kier alpha value is -2.24. The molecule has 0 saturated carbocycles. The maximum absolute atomic E-state index is 13.4. The van der Waals surface area contributed by atoms with E-state index in [0.29, 0.717) is 18.6 Å². The normalized spacial score (nSPS) is 20.3. The zero-order valence-electron chi connectivity index (χ0n) is 13.3. The van der Waals surface area contributed by atoms with E-state index >= 15 is 0 Å². The number of halogens is 1. The molecule has 0 spiro atoms. The van der Waals surface area contributed by atoms with E-state index in [9.17, 15) is 14.3 Å². The number of carbonyl (C=O) groups is 1. The minimum atomic E-state index is -0.601. The highest BCUT2D eigenvalue weighted by Gasteiger charge is 2.35. The average molecular weight is 329 g/mol. The summed E-state index contributed by atoms with van der Waals surface area (Å²) in [5.41, 5.74) is 1.69. The average Bonchev–Trinajstić information content (AvgIpc) is 2.98. The third-order valence-electron chi connectivity index (χ3n) is 4.17. The van der Waals surface area contributed by atoms with E-state index < -0.39 is 6.10 Å². The number of nitrogens with zero attached hydrogens (tertiary/aromatic N) is 1. The number of ether oxygens (including phenoxy) is 1. The van der Waals surface area contributed by atoms with Gasteiger partial charge < -0.3 is 14.7 Å². The lowest BCUT2D eigenvalue weighted by atomic mass is 10.0. The number of amides is 1. The van der Waals surface area contributed by atoms with Crippen LogP contribution in [0.4, 0.5) is 4.39 Å². The molecule has 1 N–H and O–H groups in total. The van der Waals surface area contributed by atoms with E-state index in [2.05, 4.69) is 0 Å². The fraction of sp³-hybridized carbons (Fsp3) is 0.316. The number of benzene rings is 2. The lowest BCUT2D eigenvalue weighted by Crippen LogP contribution is -2.34. The van der Waals surface area contributed by atoms with Crippen LogP contribution in [0.15, 0.2) is 54.6 Å². The van der Waals surface area contributed by atoms with Gasteiger partial charge in [0.2, 0.25) is 5.91 Å². The van der Waals surface area contributed by atoms with E-state index in [0.717, 1.165) is 5.56 Å². The third-order valence-corrected chi connectivity index (χ3v) is 4.17. The molecule has 3 rings (SSSR count). The summed E-state index contributed by atoms with van der Waals surface area (Å²) in [5.74, 6) is -0.543. The zero-order chi connectivity index (χ0) is 16.9. The number of likely N-dealkylation sites (tertiary alicyclic amines) is 1. The summed E-state index contributed by atoms with van der Waals surface area (Å²) >= 11 is 0. The van der Waals surface area contributed by atoms with Crippen molar-refractivity contribution < 1.29 is 19.0 Å². The Balaban J connectivity index is 1.62. The first kappa shape index (κ1) is 16.6. The van der Waals surface area contributed by atoms with E-state index in [-0.39, 0.29) is 30.9 Å². The Morgan fingerprint density at radius 2 is 2.00 bits per heavy atom. The van der Waals surface area contributed by atoms with Gasteiger partial charge in [0.25, 0.3) is 0 Å². The Labute approximate surface area is 140 Å². The SMILES string of the molecule is O=C(COCc1ccccc1)N1CC(O)CC1c1cccc(F)c1. The molecule has 4 nitrogen and oxygen atoms in total. The first-order valence-electron chi connectivity index (χ1n) is 7.98. The van der Waals surface area contributed by atoms with Crippen LogP contribution in [0.2, 0.25) is 0 Å². The maximum atomic E-state index is 13.4. The molecule has 0 aliphatic carbocycles. The molecule has 126 valence electrons. The molecule has 1 fully saturated rings. The first-order valence-corrected chi connectivity index (χ1v) is 7.98. The summed E-state index contributed by atoms with van der Waals surface area (Å²) in [6.45, 7) is 0.537. The van der Waals surface area contributed by atoms with Gasteiger partial charge in [-0.1, -0.05) is 42.5 Å². The van der Waals surface area contributed by atoms with Crippen LogP contribution in [0.3, 0.4) is 0 Å². The molecule has 1 aliphatic rings. The Bertz CT molecular complexity index is 692. The molecule has 2 atom stereocenters.